The maximum Gasteiger partial charge on any atom is 0.160 e. The highest BCUT2D eigenvalue weighted by Crippen LogP contribution is 2.27. The predicted octanol–water partition coefficient (Wildman–Crippen LogP) is 5.20. The molecule has 0 aliphatic heterocycles. The molecule has 0 aliphatic carbocycles. The fourth-order valence-electron chi connectivity index (χ4n) is 2.26. The van der Waals surface area contributed by atoms with Crippen LogP contribution < -0.4 is 0 Å². The number of hydrogen-bond donors (Lipinski definition) is 0. The van der Waals surface area contributed by atoms with Gasteiger partial charge >= 0.3 is 0 Å². The minimum atomic E-state index is -0.208. The van der Waals surface area contributed by atoms with Crippen molar-refractivity contribution in [2.24, 2.45) is 0 Å². The monoisotopic (exact) mass is 383 g/mol. The van der Waals surface area contributed by atoms with Crippen LogP contribution in [0.2, 0.25) is 5.02 Å². The number of fused-ring (bicyclic) bond motifs is 1. The van der Waals surface area contributed by atoms with Crippen molar-refractivity contribution in [1.82, 2.24) is 14.5 Å². The van der Waals surface area contributed by atoms with Crippen molar-refractivity contribution in [3.05, 3.63) is 57.4 Å². The molecule has 1 aromatic carbocycles. The van der Waals surface area contributed by atoms with E-state index in [0.717, 1.165) is 32.0 Å². The minimum Gasteiger partial charge on any atom is -0.307 e. The molecule has 1 unspecified atom stereocenters. The van der Waals surface area contributed by atoms with E-state index >= 15 is 0 Å². The molecule has 1 atom stereocenters. The molecular weight excluding hydrogens is 373 g/mol. The largest absolute Gasteiger partial charge is 0.307 e. The molecule has 0 fully saturated rings. The van der Waals surface area contributed by atoms with Gasteiger partial charge in [-0.2, -0.15) is 0 Å². The van der Waals surface area contributed by atoms with Crippen LogP contribution in [0.25, 0.3) is 11.2 Å². The molecule has 0 N–H and O–H groups in total. The van der Waals surface area contributed by atoms with E-state index in [9.17, 15) is 0 Å². The Bertz CT molecular complexity index is 799. The van der Waals surface area contributed by atoms with E-state index in [4.69, 9.17) is 23.2 Å². The average Bonchev–Trinajstić information content (AvgIpc) is 2.79. The number of imidazole rings is 1. The first kappa shape index (κ1) is 14.8. The van der Waals surface area contributed by atoms with E-state index in [-0.39, 0.29) is 5.38 Å². The van der Waals surface area contributed by atoms with Gasteiger partial charge in [0.1, 0.15) is 11.3 Å². The zero-order valence-electron chi connectivity index (χ0n) is 11.2. The molecule has 0 radical (unpaired) electrons. The number of pyridine rings is 1. The Morgan fingerprint density at radius 2 is 2.10 bits per heavy atom. The van der Waals surface area contributed by atoms with Gasteiger partial charge in [0.25, 0.3) is 0 Å². The molecule has 3 aromatic rings. The average molecular weight is 385 g/mol. The molecule has 108 valence electrons. The quantitative estimate of drug-likeness (QED) is 0.581. The summed E-state index contributed by atoms with van der Waals surface area (Å²) in [5.41, 5.74) is 2.64. The van der Waals surface area contributed by atoms with Crippen molar-refractivity contribution in [3.8, 4) is 0 Å². The zero-order chi connectivity index (χ0) is 15.0. The highest BCUT2D eigenvalue weighted by Gasteiger charge is 2.17. The zero-order valence-corrected chi connectivity index (χ0v) is 14.3. The van der Waals surface area contributed by atoms with Gasteiger partial charge in [-0.25, -0.2) is 9.97 Å². The van der Waals surface area contributed by atoms with E-state index in [1.807, 2.05) is 41.8 Å². The first-order valence-corrected chi connectivity index (χ1v) is 8.06. The van der Waals surface area contributed by atoms with Gasteiger partial charge in [-0.3, -0.25) is 0 Å². The molecule has 2 heterocycles. The second kappa shape index (κ2) is 5.95. The normalized spacial score (nSPS) is 12.8. The Balaban J connectivity index is 2.16. The van der Waals surface area contributed by atoms with Crippen LogP contribution in [0.4, 0.5) is 0 Å². The lowest BCUT2D eigenvalue weighted by atomic mass is 10.2. The fraction of sp³-hybridized carbons (Fsp3) is 0.200. The van der Waals surface area contributed by atoms with E-state index in [1.54, 1.807) is 6.20 Å². The summed E-state index contributed by atoms with van der Waals surface area (Å²) in [5.74, 6) is 0.789. The van der Waals surface area contributed by atoms with Crippen molar-refractivity contribution in [2.45, 2.75) is 18.8 Å². The summed E-state index contributed by atoms with van der Waals surface area (Å²) in [6.07, 6.45) is 1.76. The third-order valence-electron chi connectivity index (χ3n) is 3.22. The van der Waals surface area contributed by atoms with Crippen molar-refractivity contribution in [2.75, 3.05) is 0 Å². The maximum atomic E-state index is 6.27. The molecule has 0 amide bonds. The topological polar surface area (TPSA) is 30.7 Å². The van der Waals surface area contributed by atoms with Crippen LogP contribution in [-0.2, 0) is 6.54 Å². The Kier molecular flexibility index (Phi) is 4.20. The first-order valence-electron chi connectivity index (χ1n) is 6.45. The van der Waals surface area contributed by atoms with Crippen LogP contribution in [0, 0.1) is 0 Å². The van der Waals surface area contributed by atoms with Crippen LogP contribution in [0.15, 0.2) is 41.0 Å². The summed E-state index contributed by atoms with van der Waals surface area (Å²) in [6.45, 7) is 2.50. The van der Waals surface area contributed by atoms with Crippen molar-refractivity contribution >= 4 is 50.3 Å². The molecule has 0 bridgehead atoms. The third-order valence-corrected chi connectivity index (χ3v) is 4.22. The molecule has 0 aliphatic rings. The number of nitrogens with zero attached hydrogens (tertiary/aromatic N) is 3. The Labute approximate surface area is 141 Å². The first-order chi connectivity index (χ1) is 10.1. The lowest BCUT2D eigenvalue weighted by Gasteiger charge is -2.11. The summed E-state index contributed by atoms with van der Waals surface area (Å²) in [4.78, 5) is 9.06. The second-order valence-electron chi connectivity index (χ2n) is 4.76. The van der Waals surface area contributed by atoms with Crippen molar-refractivity contribution in [3.63, 3.8) is 0 Å². The van der Waals surface area contributed by atoms with Crippen LogP contribution in [-0.4, -0.2) is 14.5 Å². The Hall–Kier alpha value is -1.10. The molecule has 6 heteroatoms. The van der Waals surface area contributed by atoms with Gasteiger partial charge in [0.2, 0.25) is 0 Å². The lowest BCUT2D eigenvalue weighted by molar-refractivity contribution is 0.736. The number of aromatic nitrogens is 3. The van der Waals surface area contributed by atoms with Gasteiger partial charge in [0, 0.05) is 15.7 Å². The number of hydrogen-bond acceptors (Lipinski definition) is 2. The maximum absolute atomic E-state index is 6.27. The van der Waals surface area contributed by atoms with Crippen LogP contribution >= 0.6 is 39.1 Å². The standard InChI is InChI=1S/C15H12BrCl2N3/c1-9(17)14-20-13-6-11(16)7-19-15(13)21(14)8-10-4-2-3-5-12(10)18/h2-7,9H,8H2,1H3. The van der Waals surface area contributed by atoms with Gasteiger partial charge < -0.3 is 4.57 Å². The van der Waals surface area contributed by atoms with Gasteiger partial charge in [-0.05, 0) is 40.5 Å². The number of benzene rings is 1. The van der Waals surface area contributed by atoms with E-state index in [2.05, 4.69) is 25.9 Å². The fourth-order valence-corrected chi connectivity index (χ4v) is 2.94. The van der Waals surface area contributed by atoms with Gasteiger partial charge in [0.05, 0.1) is 11.9 Å². The van der Waals surface area contributed by atoms with Crippen LogP contribution in [0.1, 0.15) is 23.7 Å². The summed E-state index contributed by atoms with van der Waals surface area (Å²) in [5, 5.41) is 0.519. The molecule has 0 spiro atoms. The minimum absolute atomic E-state index is 0.208. The molecular formula is C15H12BrCl2N3. The van der Waals surface area contributed by atoms with Gasteiger partial charge in [-0.15, -0.1) is 11.6 Å². The van der Waals surface area contributed by atoms with Crippen LogP contribution in [0.5, 0.6) is 0 Å². The Morgan fingerprint density at radius 3 is 2.81 bits per heavy atom. The summed E-state index contributed by atoms with van der Waals surface area (Å²) >= 11 is 15.9. The summed E-state index contributed by atoms with van der Waals surface area (Å²) in [6, 6.07) is 9.69. The second-order valence-corrected chi connectivity index (χ2v) is 6.74. The third kappa shape index (κ3) is 2.93. The van der Waals surface area contributed by atoms with E-state index < -0.39 is 0 Å². The highest BCUT2D eigenvalue weighted by molar-refractivity contribution is 9.10. The van der Waals surface area contributed by atoms with Crippen molar-refractivity contribution < 1.29 is 0 Å². The van der Waals surface area contributed by atoms with E-state index in [1.165, 1.54) is 0 Å². The lowest BCUT2D eigenvalue weighted by Crippen LogP contribution is -2.06. The molecule has 2 aromatic heterocycles. The Morgan fingerprint density at radius 1 is 1.33 bits per heavy atom. The number of halogens is 3. The van der Waals surface area contributed by atoms with Crippen LogP contribution in [0.3, 0.4) is 0 Å². The summed E-state index contributed by atoms with van der Waals surface area (Å²) < 4.78 is 2.91. The van der Waals surface area contributed by atoms with Gasteiger partial charge in [-0.1, -0.05) is 29.8 Å². The van der Waals surface area contributed by atoms with E-state index in [0.29, 0.717) is 6.54 Å². The molecule has 3 nitrogen and oxygen atoms in total. The number of rotatable bonds is 3. The number of alkyl halides is 1. The smallest absolute Gasteiger partial charge is 0.160 e. The molecule has 0 saturated carbocycles. The van der Waals surface area contributed by atoms with Crippen molar-refractivity contribution in [1.29, 1.82) is 0 Å². The predicted molar refractivity (Wildman–Crippen MR) is 90.0 cm³/mol. The summed E-state index contributed by atoms with van der Waals surface area (Å²) in [7, 11) is 0. The van der Waals surface area contributed by atoms with Gasteiger partial charge in [0.15, 0.2) is 5.65 Å². The SMILES string of the molecule is CC(Cl)c1nc2cc(Br)cnc2n1Cc1ccccc1Cl. The molecule has 3 rings (SSSR count). The highest BCUT2D eigenvalue weighted by atomic mass is 79.9. The molecule has 0 saturated heterocycles. The molecule has 21 heavy (non-hydrogen) atoms.